The molecule has 0 aromatic heterocycles. The lowest BCUT2D eigenvalue weighted by Crippen LogP contribution is -2.46. The molecular formula is C20H25N3O7. The van der Waals surface area contributed by atoms with Crippen molar-refractivity contribution in [2.45, 2.75) is 45.2 Å². The smallest absolute Gasteiger partial charge is 0.326 e. The lowest BCUT2D eigenvalue weighted by molar-refractivity contribution is -0.151. The van der Waals surface area contributed by atoms with E-state index in [-0.39, 0.29) is 12.8 Å². The zero-order valence-corrected chi connectivity index (χ0v) is 17.1. The first-order valence-corrected chi connectivity index (χ1v) is 9.78. The van der Waals surface area contributed by atoms with Gasteiger partial charge in [0, 0.05) is 0 Å². The number of hydrogen-bond acceptors (Lipinski definition) is 7. The second-order valence-corrected chi connectivity index (χ2v) is 7.17. The van der Waals surface area contributed by atoms with Crippen molar-refractivity contribution in [3.63, 3.8) is 0 Å². The average Bonchev–Trinajstić information content (AvgIpc) is 3.29. The van der Waals surface area contributed by atoms with E-state index in [0.717, 1.165) is 10.5 Å². The second-order valence-electron chi connectivity index (χ2n) is 7.17. The lowest BCUT2D eigenvalue weighted by atomic mass is 9.93. The first-order chi connectivity index (χ1) is 14.3. The number of fused-ring (bicyclic) bond motifs is 1. The molecule has 1 aromatic rings. The van der Waals surface area contributed by atoms with Gasteiger partial charge >= 0.3 is 12.0 Å². The molecule has 0 aliphatic carbocycles. The van der Waals surface area contributed by atoms with Crippen LogP contribution >= 0.6 is 0 Å². The number of nitrogens with one attached hydrogen (secondary N) is 2. The van der Waals surface area contributed by atoms with Gasteiger partial charge in [0.25, 0.3) is 11.8 Å². The molecule has 10 heteroatoms. The number of ether oxygens (including phenoxy) is 3. The van der Waals surface area contributed by atoms with Crippen molar-refractivity contribution in [1.82, 2.24) is 15.5 Å². The maximum absolute atomic E-state index is 12.5. The van der Waals surface area contributed by atoms with Crippen LogP contribution in [-0.4, -0.2) is 54.2 Å². The highest BCUT2D eigenvalue weighted by atomic mass is 16.7. The molecule has 10 nitrogen and oxygen atoms in total. The molecule has 30 heavy (non-hydrogen) atoms. The Balaban J connectivity index is 1.48. The molecule has 1 atom stereocenters. The highest BCUT2D eigenvalue weighted by Crippen LogP contribution is 2.34. The summed E-state index contributed by atoms with van der Waals surface area (Å²) in [6.45, 7) is 4.44. The molecular weight excluding hydrogens is 394 g/mol. The number of esters is 1. The average molecular weight is 419 g/mol. The zero-order chi connectivity index (χ0) is 21.9. The molecule has 0 bridgehead atoms. The Morgan fingerprint density at radius 2 is 1.93 bits per heavy atom. The van der Waals surface area contributed by atoms with E-state index in [2.05, 4.69) is 10.6 Å². The number of carbonyl (C=O) groups excluding carboxylic acids is 4. The van der Waals surface area contributed by atoms with Gasteiger partial charge in [-0.05, 0) is 37.5 Å². The molecule has 2 aliphatic rings. The number of urea groups is 1. The van der Waals surface area contributed by atoms with Gasteiger partial charge in [-0.25, -0.2) is 4.79 Å². The van der Waals surface area contributed by atoms with E-state index in [1.807, 2.05) is 0 Å². The third-order valence-corrected chi connectivity index (χ3v) is 5.38. The van der Waals surface area contributed by atoms with E-state index in [9.17, 15) is 19.2 Å². The van der Waals surface area contributed by atoms with Gasteiger partial charge in [0.15, 0.2) is 18.1 Å². The SMILES string of the molecule is CCC1(CC)NC(=O)N(CC(=O)OCC(=O)N[C@H](C)c2ccc3c(c2)OCO3)C1=O. The highest BCUT2D eigenvalue weighted by molar-refractivity contribution is 6.08. The molecule has 0 radical (unpaired) electrons. The fourth-order valence-corrected chi connectivity index (χ4v) is 3.42. The third-order valence-electron chi connectivity index (χ3n) is 5.38. The Morgan fingerprint density at radius 3 is 2.60 bits per heavy atom. The molecule has 0 unspecified atom stereocenters. The molecule has 1 aromatic carbocycles. The first-order valence-electron chi connectivity index (χ1n) is 9.78. The van der Waals surface area contributed by atoms with E-state index in [4.69, 9.17) is 14.2 Å². The Kier molecular flexibility index (Phi) is 6.14. The van der Waals surface area contributed by atoms with Crippen LogP contribution in [0.1, 0.15) is 45.2 Å². The molecule has 4 amide bonds. The van der Waals surface area contributed by atoms with Gasteiger partial charge in [-0.2, -0.15) is 0 Å². The molecule has 2 N–H and O–H groups in total. The van der Waals surface area contributed by atoms with Gasteiger partial charge in [0.2, 0.25) is 6.79 Å². The van der Waals surface area contributed by atoms with Gasteiger partial charge in [0.1, 0.15) is 12.1 Å². The minimum Gasteiger partial charge on any atom is -0.454 e. The van der Waals surface area contributed by atoms with E-state index in [0.29, 0.717) is 24.3 Å². The fourth-order valence-electron chi connectivity index (χ4n) is 3.42. The van der Waals surface area contributed by atoms with Crippen molar-refractivity contribution >= 4 is 23.8 Å². The van der Waals surface area contributed by atoms with E-state index < -0.39 is 42.5 Å². The summed E-state index contributed by atoms with van der Waals surface area (Å²) in [4.78, 5) is 49.6. The van der Waals surface area contributed by atoms with Crippen LogP contribution in [0.2, 0.25) is 0 Å². The summed E-state index contributed by atoms with van der Waals surface area (Å²) < 4.78 is 15.5. The summed E-state index contributed by atoms with van der Waals surface area (Å²) in [7, 11) is 0. The van der Waals surface area contributed by atoms with E-state index in [1.165, 1.54) is 0 Å². The minimum atomic E-state index is -0.991. The van der Waals surface area contributed by atoms with Crippen LogP contribution in [0.4, 0.5) is 4.79 Å². The van der Waals surface area contributed by atoms with Gasteiger partial charge < -0.3 is 24.8 Å². The number of amides is 4. The van der Waals surface area contributed by atoms with Gasteiger partial charge in [-0.3, -0.25) is 19.3 Å². The third kappa shape index (κ3) is 4.17. The van der Waals surface area contributed by atoms with Crippen LogP contribution in [-0.2, 0) is 19.1 Å². The highest BCUT2D eigenvalue weighted by Gasteiger charge is 2.49. The van der Waals surface area contributed by atoms with Gasteiger partial charge in [0.05, 0.1) is 6.04 Å². The normalized spacial score (nSPS) is 17.5. The number of imide groups is 1. The Bertz CT molecular complexity index is 866. The monoisotopic (exact) mass is 419 g/mol. The maximum Gasteiger partial charge on any atom is 0.326 e. The van der Waals surface area contributed by atoms with Crippen LogP contribution in [0.15, 0.2) is 18.2 Å². The number of hydrogen-bond donors (Lipinski definition) is 2. The second kappa shape index (κ2) is 8.60. The summed E-state index contributed by atoms with van der Waals surface area (Å²) >= 11 is 0. The summed E-state index contributed by atoms with van der Waals surface area (Å²) in [6, 6.07) is 4.33. The Hall–Kier alpha value is -3.30. The van der Waals surface area contributed by atoms with Crippen molar-refractivity contribution in [3.8, 4) is 11.5 Å². The van der Waals surface area contributed by atoms with Crippen LogP contribution in [0.5, 0.6) is 11.5 Å². The predicted molar refractivity (Wildman–Crippen MR) is 104 cm³/mol. The number of rotatable bonds is 8. The summed E-state index contributed by atoms with van der Waals surface area (Å²) in [6.07, 6.45) is 0.833. The van der Waals surface area contributed by atoms with Gasteiger partial charge in [-0.15, -0.1) is 0 Å². The van der Waals surface area contributed by atoms with Crippen molar-refractivity contribution in [3.05, 3.63) is 23.8 Å². The van der Waals surface area contributed by atoms with Crippen molar-refractivity contribution in [1.29, 1.82) is 0 Å². The van der Waals surface area contributed by atoms with Crippen molar-refractivity contribution < 1.29 is 33.4 Å². The minimum absolute atomic E-state index is 0.157. The van der Waals surface area contributed by atoms with E-state index >= 15 is 0 Å². The maximum atomic E-state index is 12.5. The molecule has 3 rings (SSSR count). The Labute approximate surface area is 173 Å². The number of benzene rings is 1. The molecule has 2 heterocycles. The Morgan fingerprint density at radius 1 is 1.23 bits per heavy atom. The van der Waals surface area contributed by atoms with Crippen LogP contribution in [0, 0.1) is 0 Å². The predicted octanol–water partition coefficient (Wildman–Crippen LogP) is 1.25. The van der Waals surface area contributed by atoms with Gasteiger partial charge in [-0.1, -0.05) is 19.9 Å². The number of nitrogens with zero attached hydrogens (tertiary/aromatic N) is 1. The molecule has 2 aliphatic heterocycles. The first kappa shape index (κ1) is 21.4. The quantitative estimate of drug-likeness (QED) is 0.480. The van der Waals surface area contributed by atoms with Crippen molar-refractivity contribution in [2.24, 2.45) is 0 Å². The van der Waals surface area contributed by atoms with Crippen LogP contribution < -0.4 is 20.1 Å². The fraction of sp³-hybridized carbons (Fsp3) is 0.500. The molecule has 162 valence electrons. The molecule has 0 spiro atoms. The topological polar surface area (TPSA) is 123 Å². The number of carbonyl (C=O) groups is 4. The van der Waals surface area contributed by atoms with Crippen LogP contribution in [0.25, 0.3) is 0 Å². The summed E-state index contributed by atoms with van der Waals surface area (Å²) in [5, 5.41) is 5.34. The summed E-state index contributed by atoms with van der Waals surface area (Å²) in [5.74, 6) is -0.574. The molecule has 1 fully saturated rings. The van der Waals surface area contributed by atoms with Crippen molar-refractivity contribution in [2.75, 3.05) is 19.9 Å². The molecule has 0 saturated carbocycles. The largest absolute Gasteiger partial charge is 0.454 e. The lowest BCUT2D eigenvalue weighted by Gasteiger charge is -2.22. The molecule has 1 saturated heterocycles. The summed E-state index contributed by atoms with van der Waals surface area (Å²) in [5.41, 5.74) is -0.192. The standard InChI is InChI=1S/C20H25N3O7/c1-4-20(5-2)18(26)23(19(27)22-20)9-17(25)28-10-16(24)21-12(3)13-6-7-14-15(8-13)30-11-29-14/h6-8,12H,4-5,9-11H2,1-3H3,(H,21,24)(H,22,27)/t12-/m1/s1. The zero-order valence-electron chi connectivity index (χ0n) is 17.1. The van der Waals surface area contributed by atoms with E-state index in [1.54, 1.807) is 39.0 Å². The van der Waals surface area contributed by atoms with Crippen LogP contribution in [0.3, 0.4) is 0 Å².